The van der Waals surface area contributed by atoms with Gasteiger partial charge in [0.2, 0.25) is 5.91 Å². The van der Waals surface area contributed by atoms with E-state index in [2.05, 4.69) is 5.32 Å². The minimum absolute atomic E-state index is 0.0284. The number of aliphatic hydroxyl groups is 1. The summed E-state index contributed by atoms with van der Waals surface area (Å²) in [5.74, 6) is 1.53. The van der Waals surface area contributed by atoms with Gasteiger partial charge >= 0.3 is 0 Å². The number of rotatable bonds is 8. The molecule has 5 nitrogen and oxygen atoms in total. The lowest BCUT2D eigenvalue weighted by Crippen LogP contribution is -2.24. The Hall–Kier alpha value is -2.27. The van der Waals surface area contributed by atoms with Crippen LogP contribution in [0.2, 0.25) is 0 Å². The molecule has 0 unspecified atom stereocenters. The molecule has 5 heteroatoms. The molecule has 2 rings (SSSR count). The first-order valence-electron chi connectivity index (χ1n) is 7.79. The first-order chi connectivity index (χ1) is 11.2. The number of hydrogen-bond donors (Lipinski definition) is 2. The van der Waals surface area contributed by atoms with Crippen molar-refractivity contribution >= 4 is 16.7 Å². The second kappa shape index (κ2) is 8.39. The molecule has 0 saturated carbocycles. The SMILES string of the molecule is CCC(=O)NCCc1c(OCCO)ccc2ccc(OC)cc12. The van der Waals surface area contributed by atoms with E-state index in [4.69, 9.17) is 14.6 Å². The molecule has 0 aliphatic carbocycles. The number of hydrogen-bond acceptors (Lipinski definition) is 4. The van der Waals surface area contributed by atoms with Crippen molar-refractivity contribution < 1.29 is 19.4 Å². The van der Waals surface area contributed by atoms with Crippen molar-refractivity contribution in [3.8, 4) is 11.5 Å². The summed E-state index contributed by atoms with van der Waals surface area (Å²) < 4.78 is 11.0. The molecule has 2 aromatic carbocycles. The molecule has 23 heavy (non-hydrogen) atoms. The lowest BCUT2D eigenvalue weighted by atomic mass is 10.0. The molecule has 2 N–H and O–H groups in total. The highest BCUT2D eigenvalue weighted by Crippen LogP contribution is 2.31. The Balaban J connectivity index is 2.34. The zero-order valence-corrected chi connectivity index (χ0v) is 13.6. The third-order valence-electron chi connectivity index (χ3n) is 3.66. The van der Waals surface area contributed by atoms with Crippen molar-refractivity contribution in [2.24, 2.45) is 0 Å². The number of fused-ring (bicyclic) bond motifs is 1. The highest BCUT2D eigenvalue weighted by Gasteiger charge is 2.11. The summed E-state index contributed by atoms with van der Waals surface area (Å²) in [7, 11) is 1.63. The fraction of sp³-hybridized carbons (Fsp3) is 0.389. The van der Waals surface area contributed by atoms with E-state index in [0.717, 1.165) is 27.8 Å². The summed E-state index contributed by atoms with van der Waals surface area (Å²) in [5.41, 5.74) is 1.01. The highest BCUT2D eigenvalue weighted by molar-refractivity contribution is 5.89. The van der Waals surface area contributed by atoms with Gasteiger partial charge in [0.15, 0.2) is 0 Å². The summed E-state index contributed by atoms with van der Waals surface area (Å²) in [5, 5.41) is 14.0. The molecular formula is C18H23NO4. The number of amides is 1. The van der Waals surface area contributed by atoms with Crippen LogP contribution in [0.3, 0.4) is 0 Å². The molecule has 0 aliphatic heterocycles. The maximum atomic E-state index is 11.4. The molecular weight excluding hydrogens is 294 g/mol. The van der Waals surface area contributed by atoms with E-state index in [0.29, 0.717) is 19.4 Å². The third kappa shape index (κ3) is 4.36. The lowest BCUT2D eigenvalue weighted by molar-refractivity contribution is -0.120. The Morgan fingerprint density at radius 1 is 1.26 bits per heavy atom. The fourth-order valence-electron chi connectivity index (χ4n) is 2.47. The van der Waals surface area contributed by atoms with E-state index in [1.807, 2.05) is 37.3 Å². The Morgan fingerprint density at radius 3 is 2.74 bits per heavy atom. The van der Waals surface area contributed by atoms with Crippen molar-refractivity contribution in [2.75, 3.05) is 26.9 Å². The van der Waals surface area contributed by atoms with E-state index >= 15 is 0 Å². The number of benzene rings is 2. The van der Waals surface area contributed by atoms with Crippen LogP contribution in [0, 0.1) is 0 Å². The molecule has 0 heterocycles. The van der Waals surface area contributed by atoms with Crippen LogP contribution in [-0.2, 0) is 11.2 Å². The van der Waals surface area contributed by atoms with Gasteiger partial charge in [0.25, 0.3) is 0 Å². The van der Waals surface area contributed by atoms with Crippen LogP contribution in [0.5, 0.6) is 11.5 Å². The van der Waals surface area contributed by atoms with E-state index < -0.39 is 0 Å². The Labute approximate surface area is 136 Å². The average Bonchev–Trinajstić information content (AvgIpc) is 2.59. The van der Waals surface area contributed by atoms with E-state index in [-0.39, 0.29) is 19.1 Å². The third-order valence-corrected chi connectivity index (χ3v) is 3.66. The van der Waals surface area contributed by atoms with Gasteiger partial charge in [-0.3, -0.25) is 4.79 Å². The fourth-order valence-corrected chi connectivity index (χ4v) is 2.47. The van der Waals surface area contributed by atoms with Crippen molar-refractivity contribution in [1.29, 1.82) is 0 Å². The molecule has 0 aromatic heterocycles. The van der Waals surface area contributed by atoms with Gasteiger partial charge in [-0.25, -0.2) is 0 Å². The quantitative estimate of drug-likeness (QED) is 0.784. The Bertz CT molecular complexity index is 669. The smallest absolute Gasteiger partial charge is 0.219 e. The van der Waals surface area contributed by atoms with Gasteiger partial charge in [-0.1, -0.05) is 19.1 Å². The van der Waals surface area contributed by atoms with Crippen molar-refractivity contribution in [3.63, 3.8) is 0 Å². The van der Waals surface area contributed by atoms with Crippen LogP contribution in [0.1, 0.15) is 18.9 Å². The summed E-state index contributed by atoms with van der Waals surface area (Å²) in [6.07, 6.45) is 1.12. The molecule has 0 spiro atoms. The van der Waals surface area contributed by atoms with Gasteiger partial charge in [-0.15, -0.1) is 0 Å². The van der Waals surface area contributed by atoms with Crippen molar-refractivity contribution in [2.45, 2.75) is 19.8 Å². The Morgan fingerprint density at radius 2 is 2.04 bits per heavy atom. The molecule has 0 radical (unpaired) electrons. The second-order valence-electron chi connectivity index (χ2n) is 5.15. The van der Waals surface area contributed by atoms with Crippen molar-refractivity contribution in [3.05, 3.63) is 35.9 Å². The molecule has 2 aromatic rings. The molecule has 0 aliphatic rings. The normalized spacial score (nSPS) is 10.6. The van der Waals surface area contributed by atoms with Gasteiger partial charge in [-0.05, 0) is 35.4 Å². The molecule has 0 fully saturated rings. The van der Waals surface area contributed by atoms with Gasteiger partial charge in [-0.2, -0.15) is 0 Å². The van der Waals surface area contributed by atoms with E-state index in [1.54, 1.807) is 7.11 Å². The maximum absolute atomic E-state index is 11.4. The molecule has 0 atom stereocenters. The first-order valence-corrected chi connectivity index (χ1v) is 7.79. The minimum atomic E-state index is -0.0395. The number of ether oxygens (including phenoxy) is 2. The summed E-state index contributed by atoms with van der Waals surface area (Å²) in [6, 6.07) is 9.77. The molecule has 0 bridgehead atoms. The van der Waals surface area contributed by atoms with E-state index in [1.165, 1.54) is 0 Å². The van der Waals surface area contributed by atoms with Gasteiger partial charge in [0, 0.05) is 18.5 Å². The number of carbonyl (C=O) groups is 1. The van der Waals surface area contributed by atoms with Crippen molar-refractivity contribution in [1.82, 2.24) is 5.32 Å². The zero-order valence-electron chi connectivity index (χ0n) is 13.6. The maximum Gasteiger partial charge on any atom is 0.219 e. The van der Waals surface area contributed by atoms with E-state index in [9.17, 15) is 4.79 Å². The van der Waals surface area contributed by atoms with Crippen LogP contribution in [0.4, 0.5) is 0 Å². The Kier molecular flexibility index (Phi) is 6.23. The van der Waals surface area contributed by atoms with Crippen LogP contribution in [-0.4, -0.2) is 37.9 Å². The second-order valence-corrected chi connectivity index (χ2v) is 5.15. The molecule has 1 amide bonds. The van der Waals surface area contributed by atoms with Crippen LogP contribution in [0.15, 0.2) is 30.3 Å². The average molecular weight is 317 g/mol. The molecule has 0 saturated heterocycles. The predicted octanol–water partition coefficient (Wildman–Crippen LogP) is 2.29. The summed E-state index contributed by atoms with van der Waals surface area (Å²) in [6.45, 7) is 2.57. The van der Waals surface area contributed by atoms with Crippen LogP contribution < -0.4 is 14.8 Å². The van der Waals surface area contributed by atoms with Gasteiger partial charge < -0.3 is 19.9 Å². The highest BCUT2D eigenvalue weighted by atomic mass is 16.5. The summed E-state index contributed by atoms with van der Waals surface area (Å²) >= 11 is 0. The lowest BCUT2D eigenvalue weighted by Gasteiger charge is -2.15. The van der Waals surface area contributed by atoms with Gasteiger partial charge in [0.1, 0.15) is 18.1 Å². The minimum Gasteiger partial charge on any atom is -0.497 e. The van der Waals surface area contributed by atoms with Crippen LogP contribution >= 0.6 is 0 Å². The topological polar surface area (TPSA) is 67.8 Å². The molecule has 124 valence electrons. The van der Waals surface area contributed by atoms with Crippen LogP contribution in [0.25, 0.3) is 10.8 Å². The first kappa shape index (κ1) is 17.1. The number of aliphatic hydroxyl groups excluding tert-OH is 1. The largest absolute Gasteiger partial charge is 0.497 e. The standard InChI is InChI=1S/C18H23NO4/c1-3-18(21)19-9-8-15-16-12-14(22-2)6-4-13(16)5-7-17(15)23-11-10-20/h4-7,12,20H,3,8-11H2,1-2H3,(H,19,21). The zero-order chi connectivity index (χ0) is 16.7. The summed E-state index contributed by atoms with van der Waals surface area (Å²) in [4.78, 5) is 11.4. The monoisotopic (exact) mass is 317 g/mol. The number of methoxy groups -OCH3 is 1. The number of nitrogens with one attached hydrogen (secondary N) is 1. The number of carbonyl (C=O) groups excluding carboxylic acids is 1. The van der Waals surface area contributed by atoms with Gasteiger partial charge in [0.05, 0.1) is 13.7 Å². The predicted molar refractivity (Wildman–Crippen MR) is 90.1 cm³/mol.